The minimum atomic E-state index is -3.89. The van der Waals surface area contributed by atoms with Crippen LogP contribution >= 0.6 is 7.37 Å². The van der Waals surface area contributed by atoms with Gasteiger partial charge in [-0.3, -0.25) is 18.9 Å². The Hall–Kier alpha value is -2.80. The zero-order chi connectivity index (χ0) is 25.5. The quantitative estimate of drug-likeness (QED) is 0.302. The first-order chi connectivity index (χ1) is 16.0. The van der Waals surface area contributed by atoms with Gasteiger partial charge in [0.05, 0.1) is 6.61 Å². The summed E-state index contributed by atoms with van der Waals surface area (Å²) >= 11 is 0. The summed E-state index contributed by atoms with van der Waals surface area (Å²) in [6, 6.07) is 10.1. The van der Waals surface area contributed by atoms with Crippen LogP contribution < -0.4 is 15.9 Å². The summed E-state index contributed by atoms with van der Waals surface area (Å²) in [7, 11) is -0.0300. The van der Waals surface area contributed by atoms with E-state index in [1.165, 1.54) is 0 Å². The molecule has 0 saturated carbocycles. The Labute approximate surface area is 201 Å². The number of carbonyl (C=O) groups is 3. The summed E-state index contributed by atoms with van der Waals surface area (Å²) in [6.07, 6.45) is 0.708. The molecule has 0 aliphatic carbocycles. The molecule has 0 bridgehead atoms. The van der Waals surface area contributed by atoms with Gasteiger partial charge in [-0.1, -0.05) is 24.3 Å². The van der Waals surface area contributed by atoms with Crippen molar-refractivity contribution in [1.29, 1.82) is 0 Å². The molecule has 2 N–H and O–H groups in total. The molecule has 2 aromatic carbocycles. The van der Waals surface area contributed by atoms with Gasteiger partial charge in [-0.2, -0.15) is 0 Å². The average Bonchev–Trinajstić information content (AvgIpc) is 2.79. The highest BCUT2D eigenvalue weighted by atomic mass is 31.2. The van der Waals surface area contributed by atoms with Crippen LogP contribution in [0.4, 0.5) is 5.69 Å². The molecule has 34 heavy (non-hydrogen) atoms. The molecular formula is C25H34N3O5P. The molecule has 2 aromatic rings. The van der Waals surface area contributed by atoms with Crippen LogP contribution in [0.25, 0.3) is 0 Å². The van der Waals surface area contributed by atoms with E-state index in [9.17, 15) is 18.9 Å². The molecule has 184 valence electrons. The highest BCUT2D eigenvalue weighted by Gasteiger charge is 2.38. The van der Waals surface area contributed by atoms with Crippen molar-refractivity contribution in [2.75, 3.05) is 39.1 Å². The van der Waals surface area contributed by atoms with E-state index in [0.717, 1.165) is 6.54 Å². The van der Waals surface area contributed by atoms with Crippen molar-refractivity contribution in [3.05, 3.63) is 58.7 Å². The molecule has 0 heterocycles. The van der Waals surface area contributed by atoms with E-state index >= 15 is 0 Å². The first-order valence-corrected chi connectivity index (χ1v) is 12.8. The van der Waals surface area contributed by atoms with Gasteiger partial charge in [0.25, 0.3) is 5.52 Å². The maximum Gasteiger partial charge on any atom is 0.313 e. The van der Waals surface area contributed by atoms with Crippen molar-refractivity contribution in [3.63, 3.8) is 0 Å². The van der Waals surface area contributed by atoms with Crippen LogP contribution in [0.1, 0.15) is 40.4 Å². The zero-order valence-electron chi connectivity index (χ0n) is 20.7. The second-order valence-corrected chi connectivity index (χ2v) is 10.6. The van der Waals surface area contributed by atoms with Crippen LogP contribution in [0.5, 0.6) is 0 Å². The standard InChI is InChI=1S/C25H34N3O5P/c1-7-33-34(32,20-12-9-8-10-13-20)25(31)21-17(2)16-18(3)22(19(21)4)27-24(30)23(29)26-14-11-15-28(5)6/h8-10,12-13,16H,7,11,14-15H2,1-6H3,(H,26,29)(H,27,30). The summed E-state index contributed by atoms with van der Waals surface area (Å²) < 4.78 is 19.4. The van der Waals surface area contributed by atoms with Gasteiger partial charge in [-0.05, 0) is 83.6 Å². The number of aryl methyl sites for hydroxylation is 2. The SMILES string of the molecule is CCOP(=O)(C(=O)c1c(C)cc(C)c(NC(=O)C(=O)NCCCN(C)C)c1C)c1ccccc1. The molecule has 0 aliphatic rings. The third-order valence-electron chi connectivity index (χ3n) is 5.37. The molecule has 1 unspecified atom stereocenters. The van der Waals surface area contributed by atoms with Crippen molar-refractivity contribution < 1.29 is 23.5 Å². The number of hydrogen-bond donors (Lipinski definition) is 2. The lowest BCUT2D eigenvalue weighted by Crippen LogP contribution is -2.37. The average molecular weight is 488 g/mol. The lowest BCUT2D eigenvalue weighted by molar-refractivity contribution is -0.136. The van der Waals surface area contributed by atoms with Crippen molar-refractivity contribution >= 4 is 35.7 Å². The summed E-state index contributed by atoms with van der Waals surface area (Å²) in [5.41, 5.74) is 1.66. The number of rotatable bonds is 10. The number of anilines is 1. The fraction of sp³-hybridized carbons (Fsp3) is 0.400. The summed E-state index contributed by atoms with van der Waals surface area (Å²) in [6.45, 7) is 8.12. The Balaban J connectivity index is 2.36. The minimum absolute atomic E-state index is 0.0967. The normalized spacial score (nSPS) is 12.8. The molecule has 8 nitrogen and oxygen atoms in total. The molecule has 2 amide bonds. The number of nitrogens with zero attached hydrogens (tertiary/aromatic N) is 1. The smallest absolute Gasteiger partial charge is 0.313 e. The molecule has 0 spiro atoms. The molecule has 0 aliphatic heterocycles. The summed E-state index contributed by atoms with van der Waals surface area (Å²) in [5.74, 6) is -1.58. The summed E-state index contributed by atoms with van der Waals surface area (Å²) in [5, 5.41) is 5.54. The number of benzene rings is 2. The molecule has 1 atom stereocenters. The lowest BCUT2D eigenvalue weighted by Gasteiger charge is -2.22. The Kier molecular flexibility index (Phi) is 9.74. The second kappa shape index (κ2) is 12.1. The van der Waals surface area contributed by atoms with Crippen LogP contribution in [0, 0.1) is 20.8 Å². The Morgan fingerprint density at radius 2 is 1.65 bits per heavy atom. The second-order valence-electron chi connectivity index (χ2n) is 8.36. The highest BCUT2D eigenvalue weighted by Crippen LogP contribution is 2.50. The van der Waals surface area contributed by atoms with Gasteiger partial charge < -0.3 is 20.1 Å². The van der Waals surface area contributed by atoms with E-state index in [1.807, 2.05) is 19.0 Å². The molecule has 0 fully saturated rings. The number of hydrogen-bond acceptors (Lipinski definition) is 6. The van der Waals surface area contributed by atoms with E-state index in [2.05, 4.69) is 10.6 Å². The van der Waals surface area contributed by atoms with Gasteiger partial charge in [0.15, 0.2) is 0 Å². The van der Waals surface area contributed by atoms with Crippen LogP contribution in [0.15, 0.2) is 36.4 Å². The van der Waals surface area contributed by atoms with Crippen molar-refractivity contribution in [2.24, 2.45) is 0 Å². The first kappa shape index (κ1) is 27.4. The van der Waals surface area contributed by atoms with Gasteiger partial charge >= 0.3 is 19.2 Å². The van der Waals surface area contributed by atoms with Crippen LogP contribution in [-0.4, -0.2) is 56.0 Å². The van der Waals surface area contributed by atoms with Gasteiger partial charge in [0.2, 0.25) is 0 Å². The van der Waals surface area contributed by atoms with E-state index in [1.54, 1.807) is 64.1 Å². The largest absolute Gasteiger partial charge is 0.348 e. The van der Waals surface area contributed by atoms with E-state index < -0.39 is 24.7 Å². The molecule has 9 heteroatoms. The van der Waals surface area contributed by atoms with Gasteiger partial charge in [0, 0.05) is 23.1 Å². The van der Waals surface area contributed by atoms with Crippen LogP contribution in [0.2, 0.25) is 0 Å². The van der Waals surface area contributed by atoms with E-state index in [4.69, 9.17) is 4.52 Å². The fourth-order valence-corrected chi connectivity index (χ4v) is 5.83. The Morgan fingerprint density at radius 1 is 1.00 bits per heavy atom. The Morgan fingerprint density at radius 3 is 2.24 bits per heavy atom. The van der Waals surface area contributed by atoms with Crippen molar-refractivity contribution in [3.8, 4) is 0 Å². The van der Waals surface area contributed by atoms with Gasteiger partial charge in [0.1, 0.15) is 0 Å². The van der Waals surface area contributed by atoms with Crippen molar-refractivity contribution in [1.82, 2.24) is 10.2 Å². The van der Waals surface area contributed by atoms with Gasteiger partial charge in [-0.15, -0.1) is 0 Å². The molecular weight excluding hydrogens is 453 g/mol. The Bertz CT molecular complexity index is 1100. The van der Waals surface area contributed by atoms with Gasteiger partial charge in [-0.25, -0.2) is 0 Å². The number of nitrogens with one attached hydrogen (secondary N) is 2. The first-order valence-electron chi connectivity index (χ1n) is 11.2. The van der Waals surface area contributed by atoms with Crippen molar-refractivity contribution in [2.45, 2.75) is 34.1 Å². The van der Waals surface area contributed by atoms with Crippen LogP contribution in [0.3, 0.4) is 0 Å². The highest BCUT2D eigenvalue weighted by molar-refractivity contribution is 7.83. The van der Waals surface area contributed by atoms with E-state index in [-0.39, 0.29) is 12.2 Å². The van der Waals surface area contributed by atoms with E-state index in [0.29, 0.717) is 40.6 Å². The maximum absolute atomic E-state index is 13.8. The third-order valence-corrected chi connectivity index (χ3v) is 7.73. The summed E-state index contributed by atoms with van der Waals surface area (Å²) in [4.78, 5) is 40.4. The van der Waals surface area contributed by atoms with Crippen LogP contribution in [-0.2, 0) is 18.7 Å². The molecule has 2 rings (SSSR count). The minimum Gasteiger partial charge on any atom is -0.348 e. The lowest BCUT2D eigenvalue weighted by atomic mass is 9.98. The molecule has 0 radical (unpaired) electrons. The zero-order valence-corrected chi connectivity index (χ0v) is 21.6. The number of carbonyl (C=O) groups excluding carboxylic acids is 3. The molecule has 0 aromatic heterocycles. The maximum atomic E-state index is 13.8. The monoisotopic (exact) mass is 487 g/mol. The third kappa shape index (κ3) is 6.41. The number of amides is 2. The topological polar surface area (TPSA) is 105 Å². The predicted molar refractivity (Wildman–Crippen MR) is 135 cm³/mol. The predicted octanol–water partition coefficient (Wildman–Crippen LogP) is 3.40. The molecule has 0 saturated heterocycles. The fourth-order valence-electron chi connectivity index (χ4n) is 3.76.